The number of ether oxygens (including phenoxy) is 1. The molecule has 0 saturated heterocycles. The van der Waals surface area contributed by atoms with Gasteiger partial charge in [0, 0.05) is 28.7 Å². The summed E-state index contributed by atoms with van der Waals surface area (Å²) in [5.41, 5.74) is 1.31. The highest BCUT2D eigenvalue weighted by atomic mass is 32.1. The van der Waals surface area contributed by atoms with Crippen LogP contribution in [0.1, 0.15) is 44.1 Å². The Kier molecular flexibility index (Phi) is 5.21. The first-order valence-electron chi connectivity index (χ1n) is 9.14. The standard InChI is InChI=1S/C22H20N2O3S/c1-27-17-9-10-18(19(13-17)21(25)15-5-3-2-4-6-15)22(26)24(16-7-8-16)14-20-23-11-12-28-20/h2-6,9-13,16H,7-8,14H2,1H3. The summed E-state index contributed by atoms with van der Waals surface area (Å²) in [6, 6.07) is 14.3. The molecule has 4 rings (SSSR count). The first-order chi connectivity index (χ1) is 13.7. The van der Waals surface area contributed by atoms with E-state index < -0.39 is 0 Å². The molecule has 3 aromatic rings. The molecule has 28 heavy (non-hydrogen) atoms. The lowest BCUT2D eigenvalue weighted by Gasteiger charge is -2.23. The lowest BCUT2D eigenvalue weighted by atomic mass is 9.97. The highest BCUT2D eigenvalue weighted by Crippen LogP contribution is 2.32. The fourth-order valence-electron chi connectivity index (χ4n) is 3.15. The predicted molar refractivity (Wildman–Crippen MR) is 108 cm³/mol. The second-order valence-corrected chi connectivity index (χ2v) is 7.68. The number of benzene rings is 2. The number of rotatable bonds is 7. The third-order valence-electron chi connectivity index (χ3n) is 4.78. The van der Waals surface area contributed by atoms with Gasteiger partial charge in [0.1, 0.15) is 10.8 Å². The predicted octanol–water partition coefficient (Wildman–Crippen LogP) is 4.19. The molecule has 0 atom stereocenters. The van der Waals surface area contributed by atoms with Crippen molar-refractivity contribution in [3.63, 3.8) is 0 Å². The van der Waals surface area contributed by atoms with Crippen molar-refractivity contribution in [1.82, 2.24) is 9.88 Å². The molecule has 5 nitrogen and oxygen atoms in total. The lowest BCUT2D eigenvalue weighted by Crippen LogP contribution is -2.33. The van der Waals surface area contributed by atoms with E-state index in [0.717, 1.165) is 17.8 Å². The summed E-state index contributed by atoms with van der Waals surface area (Å²) in [4.78, 5) is 32.7. The Morgan fingerprint density at radius 1 is 1.14 bits per heavy atom. The van der Waals surface area contributed by atoms with Gasteiger partial charge in [-0.25, -0.2) is 4.98 Å². The molecule has 0 spiro atoms. The van der Waals surface area contributed by atoms with Gasteiger partial charge in [0.2, 0.25) is 0 Å². The number of hydrogen-bond donors (Lipinski definition) is 0. The molecular formula is C22H20N2O3S. The second kappa shape index (κ2) is 7.94. The molecule has 1 aliphatic rings. The Labute approximate surface area is 167 Å². The van der Waals surface area contributed by atoms with Crippen molar-refractivity contribution >= 4 is 23.0 Å². The van der Waals surface area contributed by atoms with Crippen LogP contribution in [0.3, 0.4) is 0 Å². The highest BCUT2D eigenvalue weighted by Gasteiger charge is 2.35. The Bertz CT molecular complexity index is 982. The summed E-state index contributed by atoms with van der Waals surface area (Å²) >= 11 is 1.53. The van der Waals surface area contributed by atoms with Crippen LogP contribution in [0.25, 0.3) is 0 Å². The fourth-order valence-corrected chi connectivity index (χ4v) is 3.77. The molecule has 1 heterocycles. The van der Waals surface area contributed by atoms with Gasteiger partial charge in [0.25, 0.3) is 5.91 Å². The summed E-state index contributed by atoms with van der Waals surface area (Å²) in [6.07, 6.45) is 3.71. The van der Waals surface area contributed by atoms with Gasteiger partial charge < -0.3 is 9.64 Å². The number of aromatic nitrogens is 1. The van der Waals surface area contributed by atoms with Gasteiger partial charge in [-0.3, -0.25) is 9.59 Å². The van der Waals surface area contributed by atoms with Gasteiger partial charge >= 0.3 is 0 Å². The molecule has 6 heteroatoms. The highest BCUT2D eigenvalue weighted by molar-refractivity contribution is 7.09. The van der Waals surface area contributed by atoms with Crippen molar-refractivity contribution < 1.29 is 14.3 Å². The molecule has 1 fully saturated rings. The van der Waals surface area contributed by atoms with Gasteiger partial charge in [-0.15, -0.1) is 11.3 Å². The molecule has 1 aliphatic carbocycles. The van der Waals surface area contributed by atoms with Gasteiger partial charge in [0.05, 0.1) is 19.2 Å². The first-order valence-corrected chi connectivity index (χ1v) is 10.0. The summed E-state index contributed by atoms with van der Waals surface area (Å²) < 4.78 is 5.30. The van der Waals surface area contributed by atoms with Crippen LogP contribution in [0.4, 0.5) is 0 Å². The van der Waals surface area contributed by atoms with E-state index in [1.807, 2.05) is 28.5 Å². The minimum absolute atomic E-state index is 0.139. The van der Waals surface area contributed by atoms with Crippen molar-refractivity contribution in [2.45, 2.75) is 25.4 Å². The zero-order valence-electron chi connectivity index (χ0n) is 15.5. The fraction of sp³-hybridized carbons (Fsp3) is 0.227. The van der Waals surface area contributed by atoms with Crippen LogP contribution < -0.4 is 4.74 Å². The van der Waals surface area contributed by atoms with E-state index in [9.17, 15) is 9.59 Å². The molecule has 1 amide bonds. The second-order valence-electron chi connectivity index (χ2n) is 6.70. The van der Waals surface area contributed by atoms with Gasteiger partial charge in [-0.05, 0) is 31.0 Å². The molecule has 0 unspecified atom stereocenters. The third-order valence-corrected chi connectivity index (χ3v) is 5.54. The first kappa shape index (κ1) is 18.4. The maximum atomic E-state index is 13.4. The number of ketones is 1. The number of methoxy groups -OCH3 is 1. The third kappa shape index (κ3) is 3.82. The molecule has 0 aliphatic heterocycles. The average Bonchev–Trinajstić information content (AvgIpc) is 3.46. The van der Waals surface area contributed by atoms with Gasteiger partial charge in [0.15, 0.2) is 5.78 Å². The smallest absolute Gasteiger partial charge is 0.255 e. The summed E-state index contributed by atoms with van der Waals surface area (Å²) in [5.74, 6) is 0.223. The Morgan fingerprint density at radius 2 is 1.93 bits per heavy atom. The quantitative estimate of drug-likeness (QED) is 0.566. The van der Waals surface area contributed by atoms with E-state index in [0.29, 0.717) is 29.0 Å². The summed E-state index contributed by atoms with van der Waals surface area (Å²) in [6.45, 7) is 0.464. The lowest BCUT2D eigenvalue weighted by molar-refractivity contribution is 0.0725. The van der Waals surface area contributed by atoms with Gasteiger partial charge in [-0.1, -0.05) is 30.3 Å². The number of carbonyl (C=O) groups excluding carboxylic acids is 2. The van der Waals surface area contributed by atoms with Crippen LogP contribution in [-0.2, 0) is 6.54 Å². The summed E-state index contributed by atoms with van der Waals surface area (Å²) in [7, 11) is 1.55. The van der Waals surface area contributed by atoms with Crippen molar-refractivity contribution in [3.05, 3.63) is 81.8 Å². The minimum Gasteiger partial charge on any atom is -0.497 e. The minimum atomic E-state index is -0.187. The number of amides is 1. The maximum Gasteiger partial charge on any atom is 0.255 e. The largest absolute Gasteiger partial charge is 0.497 e. The molecule has 142 valence electrons. The number of carbonyl (C=O) groups is 2. The van der Waals surface area contributed by atoms with Crippen LogP contribution in [-0.4, -0.2) is 34.7 Å². The van der Waals surface area contributed by atoms with Crippen molar-refractivity contribution in [3.8, 4) is 5.75 Å². The van der Waals surface area contributed by atoms with E-state index in [1.54, 1.807) is 43.6 Å². The van der Waals surface area contributed by atoms with Crippen LogP contribution in [0.15, 0.2) is 60.1 Å². The molecule has 0 N–H and O–H groups in total. The van der Waals surface area contributed by atoms with Crippen LogP contribution in [0.2, 0.25) is 0 Å². The van der Waals surface area contributed by atoms with E-state index in [1.165, 1.54) is 11.3 Å². The molecule has 1 aromatic heterocycles. The van der Waals surface area contributed by atoms with Crippen LogP contribution >= 0.6 is 11.3 Å². The Hall–Kier alpha value is -2.99. The zero-order valence-corrected chi connectivity index (χ0v) is 16.3. The molecular weight excluding hydrogens is 372 g/mol. The summed E-state index contributed by atoms with van der Waals surface area (Å²) in [5, 5.41) is 2.80. The van der Waals surface area contributed by atoms with E-state index in [-0.39, 0.29) is 17.7 Å². The number of thiazole rings is 1. The maximum absolute atomic E-state index is 13.4. The van der Waals surface area contributed by atoms with Crippen LogP contribution in [0, 0.1) is 0 Å². The van der Waals surface area contributed by atoms with Crippen molar-refractivity contribution in [2.75, 3.05) is 7.11 Å². The SMILES string of the molecule is COc1ccc(C(=O)N(Cc2nccs2)C2CC2)c(C(=O)c2ccccc2)c1. The zero-order chi connectivity index (χ0) is 19.5. The normalized spacial score (nSPS) is 13.2. The number of nitrogens with zero attached hydrogens (tertiary/aromatic N) is 2. The van der Waals surface area contributed by atoms with Crippen molar-refractivity contribution in [1.29, 1.82) is 0 Å². The Morgan fingerprint density at radius 3 is 2.57 bits per heavy atom. The molecule has 0 bridgehead atoms. The monoisotopic (exact) mass is 392 g/mol. The molecule has 1 saturated carbocycles. The topological polar surface area (TPSA) is 59.5 Å². The molecule has 0 radical (unpaired) electrons. The molecule has 2 aromatic carbocycles. The van der Waals surface area contributed by atoms with Gasteiger partial charge in [-0.2, -0.15) is 0 Å². The van der Waals surface area contributed by atoms with E-state index >= 15 is 0 Å². The van der Waals surface area contributed by atoms with Crippen molar-refractivity contribution in [2.24, 2.45) is 0 Å². The Balaban J connectivity index is 1.71. The average molecular weight is 392 g/mol. The number of hydrogen-bond acceptors (Lipinski definition) is 5. The van der Waals surface area contributed by atoms with Crippen LogP contribution in [0.5, 0.6) is 5.75 Å². The van der Waals surface area contributed by atoms with E-state index in [2.05, 4.69) is 4.98 Å². The van der Waals surface area contributed by atoms with E-state index in [4.69, 9.17) is 4.74 Å².